The number of H-pyrrole nitrogens is 1. The number of benzene rings is 1. The summed E-state index contributed by atoms with van der Waals surface area (Å²) >= 11 is 0. The van der Waals surface area contributed by atoms with Crippen LogP contribution in [-0.4, -0.2) is 10.9 Å². The van der Waals surface area contributed by atoms with Gasteiger partial charge in [0.2, 0.25) is 5.91 Å². The van der Waals surface area contributed by atoms with E-state index in [0.29, 0.717) is 11.0 Å². The van der Waals surface area contributed by atoms with E-state index in [9.17, 15) is 18.4 Å². The van der Waals surface area contributed by atoms with E-state index >= 15 is 0 Å². The number of nitrogens with zero attached hydrogens (tertiary/aromatic N) is 1. The van der Waals surface area contributed by atoms with E-state index in [0.717, 1.165) is 6.07 Å². The number of aromatic nitrogens is 1. The summed E-state index contributed by atoms with van der Waals surface area (Å²) in [6.45, 7) is 4.79. The van der Waals surface area contributed by atoms with Crippen LogP contribution in [0.15, 0.2) is 23.0 Å². The second-order valence-corrected chi connectivity index (χ2v) is 6.45. The van der Waals surface area contributed by atoms with Gasteiger partial charge in [-0.2, -0.15) is 5.26 Å². The Morgan fingerprint density at radius 2 is 2.11 bits per heavy atom. The average Bonchev–Trinajstić information content (AvgIpc) is 2.64. The van der Waals surface area contributed by atoms with Crippen molar-refractivity contribution in [2.75, 3.05) is 0 Å². The Hall–Kier alpha value is -3.47. The number of amides is 1. The van der Waals surface area contributed by atoms with Crippen LogP contribution in [0.1, 0.15) is 36.6 Å². The third kappa shape index (κ3) is 3.64. The highest BCUT2D eigenvalue weighted by Gasteiger charge is 2.19. The second kappa shape index (κ2) is 7.64. The van der Waals surface area contributed by atoms with Crippen LogP contribution in [0, 0.1) is 29.5 Å². The van der Waals surface area contributed by atoms with Crippen molar-refractivity contribution in [1.82, 2.24) is 15.6 Å². The van der Waals surface area contributed by atoms with Crippen LogP contribution in [0.25, 0.3) is 11.8 Å². The number of fused-ring (bicyclic) bond motifs is 1. The minimum absolute atomic E-state index is 0.164. The van der Waals surface area contributed by atoms with Crippen LogP contribution in [0.3, 0.4) is 0 Å². The van der Waals surface area contributed by atoms with E-state index < -0.39 is 35.6 Å². The van der Waals surface area contributed by atoms with Crippen LogP contribution in [-0.2, 0) is 11.2 Å². The Labute approximate surface area is 159 Å². The van der Waals surface area contributed by atoms with Crippen molar-refractivity contribution in [3.8, 4) is 6.07 Å². The van der Waals surface area contributed by atoms with Gasteiger partial charge in [-0.15, -0.1) is 0 Å². The van der Waals surface area contributed by atoms with Crippen LogP contribution >= 0.6 is 0 Å². The summed E-state index contributed by atoms with van der Waals surface area (Å²) in [5.74, 6) is -2.02. The molecule has 1 radical (unpaired) electrons. The first kappa shape index (κ1) is 19.3. The van der Waals surface area contributed by atoms with E-state index in [1.807, 2.05) is 6.07 Å². The molecule has 1 aliphatic heterocycles. The number of halogens is 2. The van der Waals surface area contributed by atoms with E-state index in [1.54, 1.807) is 20.4 Å². The quantitative estimate of drug-likeness (QED) is 0.721. The molecule has 0 aliphatic carbocycles. The van der Waals surface area contributed by atoms with Crippen molar-refractivity contribution < 1.29 is 13.6 Å². The molecular weight excluding hydrogens is 366 g/mol. The third-order valence-electron chi connectivity index (χ3n) is 4.51. The van der Waals surface area contributed by atoms with Crippen molar-refractivity contribution in [1.29, 1.82) is 5.26 Å². The SMILES string of the molecule is CC1=c2c(F)c(CC(=O)N[C@@H](C)c3ccc(C#N)cc3F)c(=O)[nH]c2=C[CH]N1. The van der Waals surface area contributed by atoms with Crippen molar-refractivity contribution in [2.24, 2.45) is 0 Å². The molecule has 2 aromatic rings. The summed E-state index contributed by atoms with van der Waals surface area (Å²) < 4.78 is 28.9. The normalized spacial score (nSPS) is 13.6. The maximum Gasteiger partial charge on any atom is 0.255 e. The smallest absolute Gasteiger partial charge is 0.255 e. The van der Waals surface area contributed by atoms with E-state index in [-0.39, 0.29) is 21.9 Å². The molecule has 3 N–H and O–H groups in total. The highest BCUT2D eigenvalue weighted by Crippen LogP contribution is 2.18. The van der Waals surface area contributed by atoms with Gasteiger partial charge in [0, 0.05) is 11.3 Å². The van der Waals surface area contributed by atoms with Crippen molar-refractivity contribution >= 4 is 17.7 Å². The third-order valence-corrected chi connectivity index (χ3v) is 4.51. The van der Waals surface area contributed by atoms with Gasteiger partial charge < -0.3 is 15.6 Å². The molecule has 0 bridgehead atoms. The first-order chi connectivity index (χ1) is 13.3. The summed E-state index contributed by atoms with van der Waals surface area (Å²) in [5, 5.41) is 14.7. The average molecular weight is 383 g/mol. The minimum atomic E-state index is -0.763. The summed E-state index contributed by atoms with van der Waals surface area (Å²) in [5.41, 5.74) is -0.119. The highest BCUT2D eigenvalue weighted by molar-refractivity contribution is 5.79. The number of aromatic amines is 1. The maximum atomic E-state index is 14.8. The van der Waals surface area contributed by atoms with Gasteiger partial charge in [-0.25, -0.2) is 8.78 Å². The lowest BCUT2D eigenvalue weighted by atomic mass is 10.0. The fourth-order valence-corrected chi connectivity index (χ4v) is 3.08. The Morgan fingerprint density at radius 1 is 1.36 bits per heavy atom. The van der Waals surface area contributed by atoms with Gasteiger partial charge in [-0.1, -0.05) is 6.07 Å². The minimum Gasteiger partial charge on any atom is -0.379 e. The molecule has 0 spiro atoms. The number of nitriles is 1. The topological polar surface area (TPSA) is 97.8 Å². The lowest BCUT2D eigenvalue weighted by molar-refractivity contribution is -0.121. The molecule has 1 atom stereocenters. The van der Waals surface area contributed by atoms with Gasteiger partial charge in [0.15, 0.2) is 0 Å². The summed E-state index contributed by atoms with van der Waals surface area (Å²) in [6.07, 6.45) is 1.04. The first-order valence-corrected chi connectivity index (χ1v) is 8.52. The summed E-state index contributed by atoms with van der Waals surface area (Å²) in [4.78, 5) is 27.1. The van der Waals surface area contributed by atoms with Gasteiger partial charge in [0.1, 0.15) is 11.6 Å². The molecular formula is C20H17F2N4O2. The molecule has 0 saturated heterocycles. The zero-order valence-electron chi connectivity index (χ0n) is 15.2. The molecule has 2 heterocycles. The van der Waals surface area contributed by atoms with Gasteiger partial charge >= 0.3 is 0 Å². The Balaban J connectivity index is 1.85. The Kier molecular flexibility index (Phi) is 5.27. The molecule has 0 unspecified atom stereocenters. The van der Waals surface area contributed by atoms with Crippen LogP contribution < -0.4 is 26.8 Å². The largest absolute Gasteiger partial charge is 0.379 e. The lowest BCUT2D eigenvalue weighted by Gasteiger charge is -2.16. The fraction of sp³-hybridized carbons (Fsp3) is 0.200. The van der Waals surface area contributed by atoms with Crippen LogP contribution in [0.2, 0.25) is 0 Å². The fourth-order valence-electron chi connectivity index (χ4n) is 3.08. The van der Waals surface area contributed by atoms with Crippen molar-refractivity contribution in [2.45, 2.75) is 26.3 Å². The molecule has 143 valence electrons. The predicted octanol–water partition coefficient (Wildman–Crippen LogP) is 0.618. The number of carbonyl (C=O) groups is 1. The molecule has 1 aromatic heterocycles. The Morgan fingerprint density at radius 3 is 2.79 bits per heavy atom. The zero-order valence-corrected chi connectivity index (χ0v) is 15.2. The molecule has 1 aromatic carbocycles. The molecule has 8 heteroatoms. The Bertz CT molecular complexity index is 1180. The monoisotopic (exact) mass is 383 g/mol. The molecule has 1 aliphatic rings. The van der Waals surface area contributed by atoms with Crippen LogP contribution in [0.5, 0.6) is 0 Å². The maximum absolute atomic E-state index is 14.8. The number of hydrogen-bond donors (Lipinski definition) is 3. The molecule has 3 rings (SSSR count). The van der Waals surface area contributed by atoms with E-state index in [4.69, 9.17) is 5.26 Å². The summed E-state index contributed by atoms with van der Waals surface area (Å²) in [7, 11) is 0. The summed E-state index contributed by atoms with van der Waals surface area (Å²) in [6, 6.07) is 5.02. The number of hydrogen-bond acceptors (Lipinski definition) is 4. The van der Waals surface area contributed by atoms with Gasteiger partial charge in [0.25, 0.3) is 5.56 Å². The molecule has 6 nitrogen and oxygen atoms in total. The van der Waals surface area contributed by atoms with Gasteiger partial charge in [-0.05, 0) is 32.1 Å². The van der Waals surface area contributed by atoms with Gasteiger partial charge in [-0.3, -0.25) is 9.59 Å². The number of rotatable bonds is 4. The van der Waals surface area contributed by atoms with Crippen molar-refractivity contribution in [3.63, 3.8) is 0 Å². The van der Waals surface area contributed by atoms with Crippen LogP contribution in [0.4, 0.5) is 8.78 Å². The predicted molar refractivity (Wildman–Crippen MR) is 98.6 cm³/mol. The highest BCUT2D eigenvalue weighted by atomic mass is 19.1. The lowest BCUT2D eigenvalue weighted by Crippen LogP contribution is -2.45. The van der Waals surface area contributed by atoms with E-state index in [2.05, 4.69) is 15.6 Å². The van der Waals surface area contributed by atoms with E-state index in [1.165, 1.54) is 18.2 Å². The second-order valence-electron chi connectivity index (χ2n) is 6.45. The molecule has 0 saturated carbocycles. The zero-order chi connectivity index (χ0) is 20.4. The number of pyridine rings is 1. The molecule has 0 fully saturated rings. The standard InChI is InChI=1S/C20H17F2N4O2/c1-10(13-4-3-12(9-23)7-15(13)21)25-17(27)8-14-19(22)18-11(2)24-6-5-16(18)26-20(14)28/h3-7,10,24H,8H2,1-2H3,(H,25,27)(H,26,28)/t10-/m0/s1. The molecule has 28 heavy (non-hydrogen) atoms. The first-order valence-electron chi connectivity index (χ1n) is 8.52. The number of nitrogens with one attached hydrogen (secondary N) is 3. The number of carbonyl (C=O) groups excluding carboxylic acids is 1. The molecule has 1 amide bonds. The van der Waals surface area contributed by atoms with Gasteiger partial charge in [0.05, 0.1) is 46.8 Å². The van der Waals surface area contributed by atoms with Crippen molar-refractivity contribution in [3.05, 3.63) is 74.0 Å².